The van der Waals surface area contributed by atoms with Crippen molar-refractivity contribution in [3.05, 3.63) is 47.4 Å². The van der Waals surface area contributed by atoms with Gasteiger partial charge in [0.1, 0.15) is 0 Å². The molecule has 0 spiro atoms. The van der Waals surface area contributed by atoms with Crippen molar-refractivity contribution in [1.82, 2.24) is 14.8 Å². The molecular formula is C15H14F3N3O2. The molecule has 0 unspecified atom stereocenters. The highest BCUT2D eigenvalue weighted by molar-refractivity contribution is 5.87. The molecule has 0 bridgehead atoms. The van der Waals surface area contributed by atoms with Gasteiger partial charge in [0, 0.05) is 24.0 Å². The monoisotopic (exact) mass is 325 g/mol. The highest BCUT2D eigenvalue weighted by atomic mass is 19.4. The molecule has 0 atom stereocenters. The molecule has 2 aromatic heterocycles. The molecule has 0 N–H and O–H groups in total. The molecule has 0 fully saturated rings. The lowest BCUT2D eigenvalue weighted by molar-refractivity contribution is -0.138. The smallest absolute Gasteiger partial charge is 0.417 e. The van der Waals surface area contributed by atoms with E-state index >= 15 is 0 Å². The quantitative estimate of drug-likeness (QED) is 0.640. The molecule has 0 aliphatic carbocycles. The van der Waals surface area contributed by atoms with Crippen LogP contribution >= 0.6 is 0 Å². The maximum absolute atomic E-state index is 12.5. The van der Waals surface area contributed by atoms with E-state index in [0.29, 0.717) is 11.3 Å². The van der Waals surface area contributed by atoms with Gasteiger partial charge in [-0.25, -0.2) is 14.5 Å². The number of alkyl halides is 3. The molecule has 8 heteroatoms. The van der Waals surface area contributed by atoms with Crippen molar-refractivity contribution < 1.29 is 22.7 Å². The fourth-order valence-corrected chi connectivity index (χ4v) is 1.79. The van der Waals surface area contributed by atoms with E-state index in [2.05, 4.69) is 10.1 Å². The van der Waals surface area contributed by atoms with Gasteiger partial charge in [-0.1, -0.05) is 0 Å². The van der Waals surface area contributed by atoms with Crippen molar-refractivity contribution in [3.63, 3.8) is 0 Å². The van der Waals surface area contributed by atoms with Crippen LogP contribution in [-0.2, 0) is 15.7 Å². The van der Waals surface area contributed by atoms with Crippen LogP contribution < -0.4 is 0 Å². The Morgan fingerprint density at radius 3 is 2.70 bits per heavy atom. The van der Waals surface area contributed by atoms with E-state index in [0.717, 1.165) is 12.3 Å². The van der Waals surface area contributed by atoms with E-state index in [9.17, 15) is 18.0 Å². The number of aryl methyl sites for hydroxylation is 1. The van der Waals surface area contributed by atoms with Crippen molar-refractivity contribution in [1.29, 1.82) is 0 Å². The van der Waals surface area contributed by atoms with Gasteiger partial charge in [-0.3, -0.25) is 0 Å². The fourth-order valence-electron chi connectivity index (χ4n) is 1.79. The highest BCUT2D eigenvalue weighted by Crippen LogP contribution is 2.28. The number of ether oxygens (including phenoxy) is 1. The second kappa shape index (κ2) is 6.64. The molecule has 2 aromatic rings. The van der Waals surface area contributed by atoms with Crippen molar-refractivity contribution in [3.8, 4) is 5.82 Å². The molecule has 0 saturated carbocycles. The number of carbonyl (C=O) groups is 1. The highest BCUT2D eigenvalue weighted by Gasteiger charge is 2.30. The van der Waals surface area contributed by atoms with Crippen LogP contribution in [0.5, 0.6) is 0 Å². The third-order valence-corrected chi connectivity index (χ3v) is 2.93. The Bertz CT molecular complexity index is 719. The van der Waals surface area contributed by atoms with Gasteiger partial charge < -0.3 is 4.74 Å². The summed E-state index contributed by atoms with van der Waals surface area (Å²) in [7, 11) is 0. The Hall–Kier alpha value is -2.64. The minimum Gasteiger partial charge on any atom is -0.463 e. The molecule has 0 aliphatic rings. The summed E-state index contributed by atoms with van der Waals surface area (Å²) in [5, 5.41) is 4.17. The number of carbonyl (C=O) groups excluding carboxylic acids is 1. The van der Waals surface area contributed by atoms with Gasteiger partial charge in [-0.05, 0) is 32.1 Å². The predicted octanol–water partition coefficient (Wildman–Crippen LogP) is 3.17. The molecular weight excluding hydrogens is 311 g/mol. The Morgan fingerprint density at radius 2 is 2.13 bits per heavy atom. The van der Waals surface area contributed by atoms with Crippen molar-refractivity contribution in [2.24, 2.45) is 0 Å². The Morgan fingerprint density at radius 1 is 1.39 bits per heavy atom. The normalized spacial score (nSPS) is 11.9. The number of esters is 1. The summed E-state index contributed by atoms with van der Waals surface area (Å²) in [6.07, 6.45) is 0.680. The van der Waals surface area contributed by atoms with Gasteiger partial charge in [-0.15, -0.1) is 0 Å². The standard InChI is InChI=1S/C15H14F3N3O2/c1-3-23-14(22)7-4-11-9-21(20-10(11)2)13-6-5-12(8-19-13)15(16,17)18/h4-9H,3H2,1-2H3. The van der Waals surface area contributed by atoms with E-state index < -0.39 is 17.7 Å². The Labute approximate surface area is 130 Å². The summed E-state index contributed by atoms with van der Waals surface area (Å²) >= 11 is 0. The lowest BCUT2D eigenvalue weighted by Crippen LogP contribution is -2.07. The number of hydrogen-bond acceptors (Lipinski definition) is 4. The van der Waals surface area contributed by atoms with Gasteiger partial charge in [-0.2, -0.15) is 18.3 Å². The molecule has 23 heavy (non-hydrogen) atoms. The summed E-state index contributed by atoms with van der Waals surface area (Å²) in [4.78, 5) is 15.0. The zero-order valence-corrected chi connectivity index (χ0v) is 12.5. The SMILES string of the molecule is CCOC(=O)C=Cc1cn(-c2ccc(C(F)(F)F)cn2)nc1C. The molecule has 2 rings (SSSR count). The van der Waals surface area contributed by atoms with Crippen molar-refractivity contribution in [2.75, 3.05) is 6.61 Å². The molecule has 5 nitrogen and oxygen atoms in total. The van der Waals surface area contributed by atoms with Crippen LogP contribution in [0, 0.1) is 6.92 Å². The average Bonchev–Trinajstić information content (AvgIpc) is 2.86. The first-order valence-corrected chi connectivity index (χ1v) is 6.76. The first-order valence-electron chi connectivity index (χ1n) is 6.76. The number of rotatable bonds is 4. The van der Waals surface area contributed by atoms with Crippen molar-refractivity contribution in [2.45, 2.75) is 20.0 Å². The number of nitrogens with zero attached hydrogens (tertiary/aromatic N) is 3. The van der Waals surface area contributed by atoms with E-state index in [-0.39, 0.29) is 12.4 Å². The lowest BCUT2D eigenvalue weighted by atomic mass is 10.2. The number of hydrogen-bond donors (Lipinski definition) is 0. The third-order valence-electron chi connectivity index (χ3n) is 2.93. The minimum absolute atomic E-state index is 0.247. The van der Waals surface area contributed by atoms with Crippen LogP contribution in [0.15, 0.2) is 30.6 Å². The summed E-state index contributed by atoms with van der Waals surface area (Å²) in [5.74, 6) is -0.232. The number of halogens is 3. The minimum atomic E-state index is -4.43. The molecule has 0 aliphatic heterocycles. The number of aromatic nitrogens is 3. The summed E-state index contributed by atoms with van der Waals surface area (Å²) < 4.78 is 43.7. The van der Waals surface area contributed by atoms with E-state index in [1.54, 1.807) is 20.0 Å². The second-order valence-corrected chi connectivity index (χ2v) is 4.60. The van der Waals surface area contributed by atoms with Gasteiger partial charge in [0.25, 0.3) is 0 Å². The van der Waals surface area contributed by atoms with Crippen LogP contribution in [0.1, 0.15) is 23.7 Å². The van der Waals surface area contributed by atoms with E-state index in [4.69, 9.17) is 4.74 Å². The Balaban J connectivity index is 2.22. The van der Waals surface area contributed by atoms with Crippen molar-refractivity contribution >= 4 is 12.0 Å². The lowest BCUT2D eigenvalue weighted by Gasteiger charge is -2.06. The van der Waals surface area contributed by atoms with Gasteiger partial charge in [0.2, 0.25) is 0 Å². The predicted molar refractivity (Wildman–Crippen MR) is 76.8 cm³/mol. The maximum Gasteiger partial charge on any atom is 0.417 e. The van der Waals surface area contributed by atoms with Gasteiger partial charge in [0.15, 0.2) is 5.82 Å². The van der Waals surface area contributed by atoms with Crippen LogP contribution in [0.3, 0.4) is 0 Å². The maximum atomic E-state index is 12.5. The molecule has 2 heterocycles. The topological polar surface area (TPSA) is 57.0 Å². The van der Waals surface area contributed by atoms with Gasteiger partial charge in [0.05, 0.1) is 17.9 Å². The third kappa shape index (κ3) is 4.18. The molecule has 0 amide bonds. The van der Waals surface area contributed by atoms with Gasteiger partial charge >= 0.3 is 12.1 Å². The summed E-state index contributed by atoms with van der Waals surface area (Å²) in [5.41, 5.74) is 0.416. The van der Waals surface area contributed by atoms with Crippen LogP contribution in [-0.4, -0.2) is 27.3 Å². The molecule has 122 valence electrons. The second-order valence-electron chi connectivity index (χ2n) is 4.60. The molecule has 0 radical (unpaired) electrons. The number of pyridine rings is 1. The molecule has 0 aromatic carbocycles. The Kier molecular flexibility index (Phi) is 4.83. The van der Waals surface area contributed by atoms with E-state index in [1.807, 2.05) is 0 Å². The first kappa shape index (κ1) is 16.7. The molecule has 0 saturated heterocycles. The summed E-state index contributed by atoms with van der Waals surface area (Å²) in [6.45, 7) is 3.69. The fraction of sp³-hybridized carbons (Fsp3) is 0.267. The van der Waals surface area contributed by atoms with Crippen LogP contribution in [0.4, 0.5) is 13.2 Å². The first-order chi connectivity index (χ1) is 10.8. The average molecular weight is 325 g/mol. The van der Waals surface area contributed by atoms with Crippen LogP contribution in [0.25, 0.3) is 11.9 Å². The van der Waals surface area contributed by atoms with Crippen LogP contribution in [0.2, 0.25) is 0 Å². The largest absolute Gasteiger partial charge is 0.463 e. The zero-order chi connectivity index (χ0) is 17.0. The summed E-state index contributed by atoms with van der Waals surface area (Å²) in [6, 6.07) is 2.17. The zero-order valence-electron chi connectivity index (χ0n) is 12.5. The van der Waals surface area contributed by atoms with E-state index in [1.165, 1.54) is 22.9 Å².